The lowest BCUT2D eigenvalue weighted by atomic mass is 9.97. The maximum atomic E-state index is 9.15. The second-order valence-electron chi connectivity index (χ2n) is 4.23. The molecule has 100 valence electrons. The smallest absolute Gasteiger partial charge is 0.148 e. The molecule has 0 saturated carbocycles. The minimum Gasteiger partial charge on any atom is -0.395 e. The minimum absolute atomic E-state index is 0.0493. The Bertz CT molecular complexity index is 640. The van der Waals surface area contributed by atoms with Gasteiger partial charge >= 0.3 is 0 Å². The molecule has 0 saturated heterocycles. The van der Waals surface area contributed by atoms with Gasteiger partial charge in [-0.15, -0.1) is 0 Å². The number of aliphatic hydroxyl groups is 1. The summed E-state index contributed by atoms with van der Waals surface area (Å²) in [6, 6.07) is 10.8. The third-order valence-electron chi connectivity index (χ3n) is 2.94. The fourth-order valence-electron chi connectivity index (χ4n) is 1.83. The number of anilines is 1. The van der Waals surface area contributed by atoms with Gasteiger partial charge < -0.3 is 10.0 Å². The van der Waals surface area contributed by atoms with Gasteiger partial charge in [0.2, 0.25) is 0 Å². The van der Waals surface area contributed by atoms with E-state index in [0.29, 0.717) is 12.1 Å². The van der Waals surface area contributed by atoms with Crippen molar-refractivity contribution in [3.63, 3.8) is 0 Å². The lowest BCUT2D eigenvalue weighted by Crippen LogP contribution is -2.21. The van der Waals surface area contributed by atoms with Gasteiger partial charge in [-0.1, -0.05) is 6.07 Å². The first-order valence-electron chi connectivity index (χ1n) is 5.96. The molecule has 0 fully saturated rings. The third-order valence-corrected chi connectivity index (χ3v) is 2.94. The number of rotatable bonds is 4. The predicted octanol–water partition coefficient (Wildman–Crippen LogP) is 1.75. The summed E-state index contributed by atoms with van der Waals surface area (Å²) in [7, 11) is 1.85. The highest BCUT2D eigenvalue weighted by molar-refractivity contribution is 5.86. The van der Waals surface area contributed by atoms with Gasteiger partial charge in [-0.2, -0.15) is 15.8 Å². The number of allylic oxidation sites excluding steroid dienone is 2. The molecule has 0 aliphatic rings. The molecule has 20 heavy (non-hydrogen) atoms. The monoisotopic (exact) mass is 266 g/mol. The van der Waals surface area contributed by atoms with Crippen molar-refractivity contribution >= 4 is 11.3 Å². The summed E-state index contributed by atoms with van der Waals surface area (Å²) in [5.41, 5.74) is 2.17. The molecule has 0 aliphatic heterocycles. The Hall–Kier alpha value is -2.81. The lowest BCUT2D eigenvalue weighted by Gasteiger charge is -2.19. The fourth-order valence-corrected chi connectivity index (χ4v) is 1.83. The first-order chi connectivity index (χ1) is 9.58. The zero-order valence-electron chi connectivity index (χ0n) is 11.4. The van der Waals surface area contributed by atoms with Crippen LogP contribution in [0, 0.1) is 40.9 Å². The average molecular weight is 266 g/mol. The highest BCUT2D eigenvalue weighted by Gasteiger charge is 2.12. The van der Waals surface area contributed by atoms with Gasteiger partial charge in [-0.3, -0.25) is 0 Å². The quantitative estimate of drug-likeness (QED) is 0.838. The van der Waals surface area contributed by atoms with E-state index in [1.165, 1.54) is 0 Å². The molecule has 5 heteroatoms. The first kappa shape index (κ1) is 15.2. The van der Waals surface area contributed by atoms with Crippen LogP contribution in [0.1, 0.15) is 11.1 Å². The van der Waals surface area contributed by atoms with Crippen molar-refractivity contribution in [2.24, 2.45) is 0 Å². The van der Waals surface area contributed by atoms with Crippen molar-refractivity contribution in [1.82, 2.24) is 0 Å². The fraction of sp³-hybridized carbons (Fsp3) is 0.267. The maximum Gasteiger partial charge on any atom is 0.148 e. The Labute approximate surface area is 118 Å². The van der Waals surface area contributed by atoms with Gasteiger partial charge in [0.25, 0.3) is 0 Å². The molecule has 1 rings (SSSR count). The Kier molecular flexibility index (Phi) is 5.30. The summed E-state index contributed by atoms with van der Waals surface area (Å²) in [5, 5.41) is 35.8. The van der Waals surface area contributed by atoms with Gasteiger partial charge in [0.05, 0.1) is 12.2 Å². The van der Waals surface area contributed by atoms with Crippen LogP contribution in [-0.4, -0.2) is 25.3 Å². The standard InChI is InChI=1S/C15H14N4O/c1-11-7-13(19(2)5-6-20)3-4-14(11)15(10-18)12(8-16)9-17/h3-4,7,20H,5-6H2,1-2H3. The predicted molar refractivity (Wildman–Crippen MR) is 75.3 cm³/mol. The normalized spacial score (nSPS) is 9.00. The van der Waals surface area contributed by atoms with Gasteiger partial charge in [0.1, 0.15) is 23.8 Å². The van der Waals surface area contributed by atoms with Crippen molar-refractivity contribution in [1.29, 1.82) is 15.8 Å². The first-order valence-corrected chi connectivity index (χ1v) is 5.96. The number of hydrogen-bond donors (Lipinski definition) is 1. The number of nitriles is 3. The molecule has 0 bridgehead atoms. The van der Waals surface area contributed by atoms with E-state index in [-0.39, 0.29) is 17.8 Å². The summed E-state index contributed by atoms with van der Waals surface area (Å²) >= 11 is 0. The number of nitrogens with zero attached hydrogens (tertiary/aromatic N) is 4. The second kappa shape index (κ2) is 6.95. The Balaban J connectivity index is 3.32. The van der Waals surface area contributed by atoms with Crippen LogP contribution < -0.4 is 4.90 Å². The number of likely N-dealkylation sites (N-methyl/N-ethyl adjacent to an activating group) is 1. The van der Waals surface area contributed by atoms with Crippen molar-refractivity contribution in [3.8, 4) is 18.2 Å². The highest BCUT2D eigenvalue weighted by atomic mass is 16.3. The van der Waals surface area contributed by atoms with Crippen LogP contribution in [0.25, 0.3) is 5.57 Å². The summed E-state index contributed by atoms with van der Waals surface area (Å²) in [6.07, 6.45) is 0. The largest absolute Gasteiger partial charge is 0.395 e. The molecule has 0 atom stereocenters. The highest BCUT2D eigenvalue weighted by Crippen LogP contribution is 2.25. The molecule has 1 aromatic rings. The molecule has 0 aliphatic carbocycles. The molecule has 0 radical (unpaired) electrons. The van der Waals surface area contributed by atoms with E-state index in [1.807, 2.05) is 31.0 Å². The summed E-state index contributed by atoms with van der Waals surface area (Å²) in [6.45, 7) is 2.37. The number of aryl methyl sites for hydroxylation is 1. The van der Waals surface area contributed by atoms with E-state index in [2.05, 4.69) is 0 Å². The van der Waals surface area contributed by atoms with Gasteiger partial charge in [-0.25, -0.2) is 0 Å². The molecule has 0 spiro atoms. The Morgan fingerprint density at radius 2 is 1.85 bits per heavy atom. The van der Waals surface area contributed by atoms with E-state index in [4.69, 9.17) is 20.9 Å². The van der Waals surface area contributed by atoms with Crippen LogP contribution in [0.15, 0.2) is 23.8 Å². The lowest BCUT2D eigenvalue weighted by molar-refractivity contribution is 0.304. The van der Waals surface area contributed by atoms with E-state index in [1.54, 1.807) is 24.3 Å². The summed E-state index contributed by atoms with van der Waals surface area (Å²) < 4.78 is 0. The van der Waals surface area contributed by atoms with Gasteiger partial charge in [0.15, 0.2) is 0 Å². The molecule has 0 amide bonds. The minimum atomic E-state index is -0.188. The molecule has 1 N–H and O–H groups in total. The SMILES string of the molecule is Cc1cc(N(C)CCO)ccc1C(C#N)=C(C#N)C#N. The van der Waals surface area contributed by atoms with Crippen molar-refractivity contribution in [3.05, 3.63) is 34.9 Å². The van der Waals surface area contributed by atoms with E-state index in [0.717, 1.165) is 11.3 Å². The van der Waals surface area contributed by atoms with Gasteiger partial charge in [-0.05, 0) is 30.2 Å². The number of hydrogen-bond acceptors (Lipinski definition) is 5. The number of benzene rings is 1. The summed E-state index contributed by atoms with van der Waals surface area (Å²) in [5.74, 6) is 0. The molecule has 0 unspecified atom stereocenters. The van der Waals surface area contributed by atoms with Crippen LogP contribution in [0.2, 0.25) is 0 Å². The summed E-state index contributed by atoms with van der Waals surface area (Å²) in [4.78, 5) is 1.88. The van der Waals surface area contributed by atoms with Crippen LogP contribution in [0.4, 0.5) is 5.69 Å². The average Bonchev–Trinajstić information content (AvgIpc) is 2.45. The Morgan fingerprint density at radius 1 is 1.20 bits per heavy atom. The molecule has 1 aromatic carbocycles. The van der Waals surface area contributed by atoms with Crippen LogP contribution in [0.5, 0.6) is 0 Å². The van der Waals surface area contributed by atoms with Gasteiger partial charge in [0, 0.05) is 19.3 Å². The van der Waals surface area contributed by atoms with E-state index in [9.17, 15) is 0 Å². The zero-order chi connectivity index (χ0) is 15.1. The van der Waals surface area contributed by atoms with Crippen LogP contribution in [0.3, 0.4) is 0 Å². The molecule has 0 heterocycles. The molecule has 0 aromatic heterocycles. The van der Waals surface area contributed by atoms with Crippen molar-refractivity contribution < 1.29 is 5.11 Å². The molecular weight excluding hydrogens is 252 g/mol. The molecule has 5 nitrogen and oxygen atoms in total. The maximum absolute atomic E-state index is 9.15. The zero-order valence-corrected chi connectivity index (χ0v) is 11.4. The van der Waals surface area contributed by atoms with E-state index >= 15 is 0 Å². The third kappa shape index (κ3) is 3.14. The van der Waals surface area contributed by atoms with Crippen molar-refractivity contribution in [2.45, 2.75) is 6.92 Å². The van der Waals surface area contributed by atoms with Crippen LogP contribution >= 0.6 is 0 Å². The van der Waals surface area contributed by atoms with E-state index < -0.39 is 0 Å². The second-order valence-corrected chi connectivity index (χ2v) is 4.23. The topological polar surface area (TPSA) is 94.8 Å². The van der Waals surface area contributed by atoms with Crippen molar-refractivity contribution in [2.75, 3.05) is 25.1 Å². The van der Waals surface area contributed by atoms with Crippen LogP contribution in [-0.2, 0) is 0 Å². The molecular formula is C15H14N4O. The number of aliphatic hydroxyl groups excluding tert-OH is 1. The Morgan fingerprint density at radius 3 is 2.30 bits per heavy atom.